The summed E-state index contributed by atoms with van der Waals surface area (Å²) in [6.45, 7) is 3.66. The van der Waals surface area contributed by atoms with Gasteiger partial charge in [-0.3, -0.25) is 0 Å². The van der Waals surface area contributed by atoms with E-state index < -0.39 is 0 Å². The molecule has 0 unspecified atom stereocenters. The summed E-state index contributed by atoms with van der Waals surface area (Å²) in [5.74, 6) is 0. The molecule has 1 heterocycles. The van der Waals surface area contributed by atoms with Gasteiger partial charge in [-0.25, -0.2) is 4.79 Å². The molecular weight excluding hydrogens is 226 g/mol. The molecule has 0 spiro atoms. The van der Waals surface area contributed by atoms with E-state index in [1.165, 1.54) is 12.8 Å². The van der Waals surface area contributed by atoms with Crippen LogP contribution in [-0.2, 0) is 0 Å². The highest BCUT2D eigenvalue weighted by molar-refractivity contribution is 5.90. The third-order valence-electron chi connectivity index (χ3n) is 3.42. The first-order valence-electron chi connectivity index (χ1n) is 6.59. The van der Waals surface area contributed by atoms with Crippen LogP contribution in [0.25, 0.3) is 0 Å². The van der Waals surface area contributed by atoms with Crippen molar-refractivity contribution in [2.24, 2.45) is 0 Å². The van der Waals surface area contributed by atoms with E-state index in [0.29, 0.717) is 5.69 Å². The van der Waals surface area contributed by atoms with E-state index in [-0.39, 0.29) is 6.03 Å². The van der Waals surface area contributed by atoms with Crippen LogP contribution >= 0.6 is 0 Å². The minimum absolute atomic E-state index is 0.0137. The Labute approximate surface area is 108 Å². The van der Waals surface area contributed by atoms with Gasteiger partial charge in [-0.1, -0.05) is 18.9 Å². The number of nitrogens with one attached hydrogen (secondary N) is 1. The first-order chi connectivity index (χ1) is 8.66. The molecule has 0 aromatic heterocycles. The first kappa shape index (κ1) is 12.7. The van der Waals surface area contributed by atoms with E-state index >= 15 is 0 Å². The van der Waals surface area contributed by atoms with Crippen molar-refractivity contribution in [3.63, 3.8) is 0 Å². The maximum Gasteiger partial charge on any atom is 0.321 e. The Morgan fingerprint density at radius 2 is 1.89 bits per heavy atom. The van der Waals surface area contributed by atoms with Crippen molar-refractivity contribution in [3.8, 4) is 0 Å². The third-order valence-corrected chi connectivity index (χ3v) is 3.42. The average molecular weight is 247 g/mol. The third kappa shape index (κ3) is 3.15. The van der Waals surface area contributed by atoms with E-state index in [4.69, 9.17) is 5.73 Å². The molecule has 1 fully saturated rings. The SMILES string of the molecule is Cc1ccc(NC(=O)N2CCCCCC2)cc1N. The second-order valence-electron chi connectivity index (χ2n) is 4.90. The van der Waals surface area contributed by atoms with Crippen molar-refractivity contribution >= 4 is 17.4 Å². The fourth-order valence-corrected chi connectivity index (χ4v) is 2.19. The van der Waals surface area contributed by atoms with E-state index in [1.54, 1.807) is 0 Å². The molecule has 3 N–H and O–H groups in total. The monoisotopic (exact) mass is 247 g/mol. The fraction of sp³-hybridized carbons (Fsp3) is 0.500. The molecule has 98 valence electrons. The molecule has 1 aliphatic rings. The van der Waals surface area contributed by atoms with Gasteiger partial charge in [0.05, 0.1) is 0 Å². The van der Waals surface area contributed by atoms with Gasteiger partial charge < -0.3 is 16.0 Å². The first-order valence-corrected chi connectivity index (χ1v) is 6.59. The summed E-state index contributed by atoms with van der Waals surface area (Å²) >= 11 is 0. The number of nitrogen functional groups attached to an aromatic ring is 1. The molecule has 0 bridgehead atoms. The number of rotatable bonds is 1. The molecular formula is C14H21N3O. The number of likely N-dealkylation sites (tertiary alicyclic amines) is 1. The average Bonchev–Trinajstić information content (AvgIpc) is 2.62. The van der Waals surface area contributed by atoms with Crippen LogP contribution in [0.1, 0.15) is 31.2 Å². The van der Waals surface area contributed by atoms with Crippen LogP contribution in [0, 0.1) is 6.92 Å². The number of amides is 2. The van der Waals surface area contributed by atoms with E-state index in [0.717, 1.165) is 37.2 Å². The quantitative estimate of drug-likeness (QED) is 0.749. The summed E-state index contributed by atoms with van der Waals surface area (Å²) in [5, 5.41) is 2.91. The van der Waals surface area contributed by atoms with Crippen LogP contribution in [-0.4, -0.2) is 24.0 Å². The smallest absolute Gasteiger partial charge is 0.321 e. The standard InChI is InChI=1S/C14H21N3O/c1-11-6-7-12(10-13(11)15)16-14(18)17-8-4-2-3-5-9-17/h6-7,10H,2-5,8-9,15H2,1H3,(H,16,18). The van der Waals surface area contributed by atoms with Crippen LogP contribution in [0.2, 0.25) is 0 Å². The lowest BCUT2D eigenvalue weighted by Gasteiger charge is -2.21. The number of aryl methyl sites for hydroxylation is 1. The molecule has 4 nitrogen and oxygen atoms in total. The maximum atomic E-state index is 12.1. The number of carbonyl (C=O) groups is 1. The van der Waals surface area contributed by atoms with Gasteiger partial charge in [-0.2, -0.15) is 0 Å². The van der Waals surface area contributed by atoms with Crippen LogP contribution in [0.5, 0.6) is 0 Å². The molecule has 2 amide bonds. The van der Waals surface area contributed by atoms with Crippen LogP contribution in [0.3, 0.4) is 0 Å². The minimum atomic E-state index is -0.0137. The summed E-state index contributed by atoms with van der Waals surface area (Å²) in [7, 11) is 0. The number of anilines is 2. The predicted molar refractivity (Wildman–Crippen MR) is 74.7 cm³/mol. The normalized spacial score (nSPS) is 16.2. The Morgan fingerprint density at radius 1 is 1.22 bits per heavy atom. The van der Waals surface area contributed by atoms with Crippen LogP contribution < -0.4 is 11.1 Å². The Morgan fingerprint density at radius 3 is 2.50 bits per heavy atom. The van der Waals surface area contributed by atoms with E-state index in [9.17, 15) is 4.79 Å². The zero-order chi connectivity index (χ0) is 13.0. The molecule has 1 saturated heterocycles. The van der Waals surface area contributed by atoms with Crippen molar-refractivity contribution in [1.82, 2.24) is 4.90 Å². The maximum absolute atomic E-state index is 12.1. The van der Waals surface area contributed by atoms with Gasteiger partial charge in [-0.05, 0) is 37.5 Å². The molecule has 4 heteroatoms. The van der Waals surface area contributed by atoms with Gasteiger partial charge in [0.1, 0.15) is 0 Å². The molecule has 18 heavy (non-hydrogen) atoms. The number of nitrogens with zero attached hydrogens (tertiary/aromatic N) is 1. The van der Waals surface area contributed by atoms with Crippen molar-refractivity contribution in [1.29, 1.82) is 0 Å². The van der Waals surface area contributed by atoms with Crippen LogP contribution in [0.15, 0.2) is 18.2 Å². The lowest BCUT2D eigenvalue weighted by molar-refractivity contribution is 0.214. The zero-order valence-electron chi connectivity index (χ0n) is 10.9. The number of nitrogens with two attached hydrogens (primary N) is 1. The fourth-order valence-electron chi connectivity index (χ4n) is 2.19. The number of urea groups is 1. The van der Waals surface area contributed by atoms with Crippen molar-refractivity contribution in [2.75, 3.05) is 24.1 Å². The van der Waals surface area contributed by atoms with Crippen molar-refractivity contribution in [3.05, 3.63) is 23.8 Å². The highest BCUT2D eigenvalue weighted by atomic mass is 16.2. The Hall–Kier alpha value is -1.71. The predicted octanol–water partition coefficient (Wildman–Crippen LogP) is 2.99. The summed E-state index contributed by atoms with van der Waals surface area (Å²) < 4.78 is 0. The van der Waals surface area contributed by atoms with Crippen LogP contribution in [0.4, 0.5) is 16.2 Å². The second kappa shape index (κ2) is 5.76. The zero-order valence-corrected chi connectivity index (χ0v) is 10.9. The molecule has 0 aliphatic carbocycles. The molecule has 0 saturated carbocycles. The van der Waals surface area contributed by atoms with Gasteiger partial charge in [0, 0.05) is 24.5 Å². The minimum Gasteiger partial charge on any atom is -0.398 e. The van der Waals surface area contributed by atoms with Crippen molar-refractivity contribution < 1.29 is 4.79 Å². The van der Waals surface area contributed by atoms with Crippen molar-refractivity contribution in [2.45, 2.75) is 32.6 Å². The summed E-state index contributed by atoms with van der Waals surface area (Å²) in [6, 6.07) is 5.61. The van der Waals surface area contributed by atoms with E-state index in [1.807, 2.05) is 30.0 Å². The summed E-state index contributed by atoms with van der Waals surface area (Å²) in [6.07, 6.45) is 4.65. The van der Waals surface area contributed by atoms with Gasteiger partial charge >= 0.3 is 6.03 Å². The molecule has 0 radical (unpaired) electrons. The second-order valence-corrected chi connectivity index (χ2v) is 4.90. The molecule has 1 aliphatic heterocycles. The molecule has 1 aromatic carbocycles. The topological polar surface area (TPSA) is 58.4 Å². The van der Waals surface area contributed by atoms with Gasteiger partial charge in [0.2, 0.25) is 0 Å². The lowest BCUT2D eigenvalue weighted by atomic mass is 10.2. The molecule has 1 aromatic rings. The summed E-state index contributed by atoms with van der Waals surface area (Å²) in [4.78, 5) is 14.0. The number of hydrogen-bond acceptors (Lipinski definition) is 2. The molecule has 0 atom stereocenters. The van der Waals surface area contributed by atoms with Gasteiger partial charge in [0.25, 0.3) is 0 Å². The highest BCUT2D eigenvalue weighted by Crippen LogP contribution is 2.18. The largest absolute Gasteiger partial charge is 0.398 e. The van der Waals surface area contributed by atoms with Gasteiger partial charge in [-0.15, -0.1) is 0 Å². The molecule has 2 rings (SSSR count). The lowest BCUT2D eigenvalue weighted by Crippen LogP contribution is -2.35. The number of benzene rings is 1. The Balaban J connectivity index is 1.99. The van der Waals surface area contributed by atoms with E-state index in [2.05, 4.69) is 5.32 Å². The summed E-state index contributed by atoms with van der Waals surface area (Å²) in [5.41, 5.74) is 8.35. The van der Waals surface area contributed by atoms with Gasteiger partial charge in [0.15, 0.2) is 0 Å². The highest BCUT2D eigenvalue weighted by Gasteiger charge is 2.15. The Bertz CT molecular complexity index is 423. The Kier molecular flexibility index (Phi) is 4.07. The number of carbonyl (C=O) groups excluding carboxylic acids is 1. The number of hydrogen-bond donors (Lipinski definition) is 2.